The molecular formula is C25H44O3SSi2. The number of hydrogen-bond donors (Lipinski definition) is 0. The molecule has 1 aromatic carbocycles. The van der Waals surface area contributed by atoms with Gasteiger partial charge in [-0.3, -0.25) is 0 Å². The Bertz CT molecular complexity index is 781. The van der Waals surface area contributed by atoms with E-state index in [2.05, 4.69) is 73.5 Å². The molecule has 1 rings (SSSR count). The van der Waals surface area contributed by atoms with Crippen LogP contribution in [0.2, 0.25) is 36.3 Å². The van der Waals surface area contributed by atoms with Crippen LogP contribution in [0.3, 0.4) is 0 Å². The second-order valence-electron chi connectivity index (χ2n) is 11.1. The highest BCUT2D eigenvalue weighted by Crippen LogP contribution is 2.37. The van der Waals surface area contributed by atoms with Crippen LogP contribution in [0, 0.1) is 0 Å². The van der Waals surface area contributed by atoms with Crippen molar-refractivity contribution in [2.45, 2.75) is 95.5 Å². The minimum absolute atomic E-state index is 0.159. The summed E-state index contributed by atoms with van der Waals surface area (Å²) >= 11 is 0. The Labute approximate surface area is 196 Å². The van der Waals surface area contributed by atoms with Crippen molar-refractivity contribution in [3.8, 4) is 0 Å². The molecule has 0 aromatic heterocycles. The van der Waals surface area contributed by atoms with Gasteiger partial charge in [-0.15, -0.1) is 5.73 Å². The van der Waals surface area contributed by atoms with E-state index in [0.29, 0.717) is 19.6 Å². The number of hydrogen-bond acceptors (Lipinski definition) is 3. The van der Waals surface area contributed by atoms with Crippen molar-refractivity contribution in [2.75, 3.05) is 13.2 Å². The van der Waals surface area contributed by atoms with Crippen LogP contribution in [0.1, 0.15) is 54.4 Å². The van der Waals surface area contributed by atoms with Gasteiger partial charge in [-0.2, -0.15) is 0 Å². The van der Waals surface area contributed by atoms with E-state index in [0.717, 1.165) is 16.2 Å². The molecule has 0 saturated heterocycles. The van der Waals surface area contributed by atoms with Crippen LogP contribution in [-0.2, 0) is 19.7 Å². The Kier molecular flexibility index (Phi) is 10.4. The predicted octanol–water partition coefficient (Wildman–Crippen LogP) is 7.66. The lowest BCUT2D eigenvalue weighted by atomic mass is 10.2. The number of benzene rings is 1. The zero-order chi connectivity index (χ0) is 23.9. The lowest BCUT2D eigenvalue weighted by molar-refractivity contribution is 0.293. The summed E-state index contributed by atoms with van der Waals surface area (Å²) in [5.74, 6) is 0. The molecule has 0 N–H and O–H groups in total. The molecule has 0 heterocycles. The van der Waals surface area contributed by atoms with Crippen molar-refractivity contribution < 1.29 is 13.1 Å². The first-order valence-electron chi connectivity index (χ1n) is 11.3. The zero-order valence-corrected chi connectivity index (χ0v) is 24.2. The van der Waals surface area contributed by atoms with Gasteiger partial charge in [0.1, 0.15) is 0 Å². The highest BCUT2D eigenvalue weighted by molar-refractivity contribution is 7.89. The van der Waals surface area contributed by atoms with E-state index in [1.54, 1.807) is 0 Å². The van der Waals surface area contributed by atoms with Crippen molar-refractivity contribution in [3.63, 3.8) is 0 Å². The normalized spacial score (nSPS) is 14.1. The predicted molar refractivity (Wildman–Crippen MR) is 140 cm³/mol. The average Bonchev–Trinajstić information content (AvgIpc) is 2.64. The third-order valence-corrected chi connectivity index (χ3v) is 17.1. The van der Waals surface area contributed by atoms with Gasteiger partial charge in [0.05, 0.1) is 15.7 Å². The SMILES string of the molecule is CC(C)(C)[Si](C)(C)OCCC=C=C(CCO[Si](C)(C)C(C)(C)C)S(=O)c1ccccc1. The van der Waals surface area contributed by atoms with E-state index in [9.17, 15) is 4.21 Å². The third-order valence-electron chi connectivity index (χ3n) is 6.57. The van der Waals surface area contributed by atoms with Crippen molar-refractivity contribution in [1.29, 1.82) is 0 Å². The smallest absolute Gasteiger partial charge is 0.191 e. The molecule has 0 fully saturated rings. The first kappa shape index (κ1) is 28.3. The molecule has 1 atom stereocenters. The van der Waals surface area contributed by atoms with Crippen LogP contribution in [0.25, 0.3) is 0 Å². The fourth-order valence-corrected chi connectivity index (χ4v) is 5.55. The summed E-state index contributed by atoms with van der Waals surface area (Å²) in [5.41, 5.74) is 3.33. The standard InChI is InChI=1S/C25H44O3SSi2/c1-24(2,3)30(7,8)27-20-15-14-18-23(29(26)22-16-12-11-13-17-22)19-21-28-31(9,10)25(4,5)6/h11-14,16-17H,15,19-21H2,1-10H3. The van der Waals surface area contributed by atoms with Crippen LogP contribution in [0.4, 0.5) is 0 Å². The molecule has 0 amide bonds. The van der Waals surface area contributed by atoms with E-state index in [4.69, 9.17) is 8.85 Å². The Morgan fingerprint density at radius 3 is 1.87 bits per heavy atom. The van der Waals surface area contributed by atoms with E-state index >= 15 is 0 Å². The van der Waals surface area contributed by atoms with E-state index in [1.165, 1.54) is 0 Å². The summed E-state index contributed by atoms with van der Waals surface area (Å²) in [6, 6.07) is 9.61. The zero-order valence-electron chi connectivity index (χ0n) is 21.4. The summed E-state index contributed by atoms with van der Waals surface area (Å²) < 4.78 is 25.8. The van der Waals surface area contributed by atoms with Crippen LogP contribution in [0.5, 0.6) is 0 Å². The molecule has 0 aliphatic heterocycles. The quantitative estimate of drug-likeness (QED) is 0.196. The minimum atomic E-state index is -1.83. The molecule has 0 spiro atoms. The minimum Gasteiger partial charge on any atom is -0.416 e. The average molecular weight is 481 g/mol. The summed E-state index contributed by atoms with van der Waals surface area (Å²) in [6.45, 7) is 23.7. The molecule has 3 nitrogen and oxygen atoms in total. The lowest BCUT2D eigenvalue weighted by Gasteiger charge is -2.36. The second kappa shape index (κ2) is 11.4. The van der Waals surface area contributed by atoms with Crippen molar-refractivity contribution >= 4 is 27.4 Å². The molecule has 1 aromatic rings. The second-order valence-corrected chi connectivity index (χ2v) is 22.2. The van der Waals surface area contributed by atoms with Crippen molar-refractivity contribution in [3.05, 3.63) is 47.0 Å². The first-order chi connectivity index (χ1) is 14.1. The van der Waals surface area contributed by atoms with Crippen LogP contribution in [-0.4, -0.2) is 34.1 Å². The maximum atomic E-state index is 13.2. The van der Waals surface area contributed by atoms with Crippen molar-refractivity contribution in [1.82, 2.24) is 0 Å². The van der Waals surface area contributed by atoms with Gasteiger partial charge in [0.25, 0.3) is 0 Å². The van der Waals surface area contributed by atoms with E-state index in [-0.39, 0.29) is 10.1 Å². The summed E-state index contributed by atoms with van der Waals surface area (Å²) in [4.78, 5) is 1.60. The van der Waals surface area contributed by atoms with Gasteiger partial charge in [0.15, 0.2) is 16.6 Å². The summed E-state index contributed by atoms with van der Waals surface area (Å²) in [6.07, 6.45) is 3.37. The van der Waals surface area contributed by atoms with E-state index < -0.39 is 27.4 Å². The van der Waals surface area contributed by atoms with Crippen LogP contribution < -0.4 is 0 Å². The van der Waals surface area contributed by atoms with Gasteiger partial charge in [-0.25, -0.2) is 4.21 Å². The Balaban J connectivity index is 2.90. The molecular weight excluding hydrogens is 437 g/mol. The Hall–Kier alpha value is -0.756. The van der Waals surface area contributed by atoms with Crippen LogP contribution >= 0.6 is 0 Å². The maximum absolute atomic E-state index is 13.2. The molecule has 0 aliphatic rings. The van der Waals surface area contributed by atoms with E-state index in [1.807, 2.05) is 36.4 Å². The molecule has 1 unspecified atom stereocenters. The van der Waals surface area contributed by atoms with Gasteiger partial charge >= 0.3 is 0 Å². The third kappa shape index (κ3) is 8.95. The van der Waals surface area contributed by atoms with Crippen molar-refractivity contribution in [2.24, 2.45) is 0 Å². The molecule has 0 saturated carbocycles. The summed E-state index contributed by atoms with van der Waals surface area (Å²) in [5, 5.41) is 0.361. The maximum Gasteiger partial charge on any atom is 0.191 e. The highest BCUT2D eigenvalue weighted by atomic mass is 32.2. The van der Waals surface area contributed by atoms with Gasteiger partial charge in [-0.05, 0) is 60.9 Å². The monoisotopic (exact) mass is 480 g/mol. The Morgan fingerprint density at radius 1 is 0.903 bits per heavy atom. The Morgan fingerprint density at radius 2 is 1.39 bits per heavy atom. The van der Waals surface area contributed by atoms with Gasteiger partial charge in [0.2, 0.25) is 0 Å². The molecule has 0 radical (unpaired) electrons. The molecule has 0 bridgehead atoms. The topological polar surface area (TPSA) is 35.5 Å². The molecule has 0 aliphatic carbocycles. The largest absolute Gasteiger partial charge is 0.416 e. The fourth-order valence-electron chi connectivity index (χ4n) is 2.30. The van der Waals surface area contributed by atoms with Gasteiger partial charge in [-0.1, -0.05) is 59.7 Å². The number of rotatable bonds is 10. The molecule has 31 heavy (non-hydrogen) atoms. The van der Waals surface area contributed by atoms with Crippen LogP contribution in [0.15, 0.2) is 51.9 Å². The summed E-state index contributed by atoms with van der Waals surface area (Å²) in [7, 11) is -4.81. The first-order valence-corrected chi connectivity index (χ1v) is 18.2. The van der Waals surface area contributed by atoms with Gasteiger partial charge < -0.3 is 8.85 Å². The van der Waals surface area contributed by atoms with Gasteiger partial charge in [0, 0.05) is 24.5 Å². The highest BCUT2D eigenvalue weighted by Gasteiger charge is 2.37. The lowest BCUT2D eigenvalue weighted by Crippen LogP contribution is -2.41. The molecule has 176 valence electrons. The fraction of sp³-hybridized carbons (Fsp3) is 0.640. The molecule has 6 heteroatoms.